The number of nitrogens with zero attached hydrogens (tertiary/aromatic N) is 5. The molecule has 0 saturated carbocycles. The zero-order chi connectivity index (χ0) is 17.1. The average molecular weight is 335 g/mol. The summed E-state index contributed by atoms with van der Waals surface area (Å²) < 4.78 is 4.95. The van der Waals surface area contributed by atoms with Gasteiger partial charge in [0.15, 0.2) is 0 Å². The summed E-state index contributed by atoms with van der Waals surface area (Å²) in [6, 6.07) is 13.6. The predicted octanol–water partition coefficient (Wildman–Crippen LogP) is 2.09. The third-order valence-electron chi connectivity index (χ3n) is 4.26. The van der Waals surface area contributed by atoms with Gasteiger partial charge in [-0.1, -0.05) is 35.5 Å². The highest BCUT2D eigenvalue weighted by Gasteiger charge is 2.25. The molecule has 3 aromatic rings. The Morgan fingerprint density at radius 1 is 1.00 bits per heavy atom. The maximum Gasteiger partial charge on any atom is 0.292 e. The first kappa shape index (κ1) is 15.3. The Kier molecular flexibility index (Phi) is 4.12. The number of rotatable bonds is 3. The fourth-order valence-corrected chi connectivity index (χ4v) is 2.91. The van der Waals surface area contributed by atoms with Gasteiger partial charge in [0.1, 0.15) is 12.1 Å². The number of carbonyl (C=O) groups is 1. The molecule has 3 heterocycles. The first-order chi connectivity index (χ1) is 12.3. The van der Waals surface area contributed by atoms with Gasteiger partial charge in [-0.05, 0) is 0 Å². The second-order valence-corrected chi connectivity index (χ2v) is 5.78. The van der Waals surface area contributed by atoms with Crippen molar-refractivity contribution in [2.45, 2.75) is 0 Å². The molecule has 2 aromatic heterocycles. The van der Waals surface area contributed by atoms with Gasteiger partial charge in [0.2, 0.25) is 5.76 Å². The normalized spacial score (nSPS) is 14.6. The minimum absolute atomic E-state index is 0.121. The van der Waals surface area contributed by atoms with Crippen molar-refractivity contribution in [3.63, 3.8) is 0 Å². The summed E-state index contributed by atoms with van der Waals surface area (Å²) in [5, 5.41) is 3.59. The van der Waals surface area contributed by atoms with Crippen LogP contribution in [0.25, 0.3) is 11.3 Å². The molecule has 0 radical (unpaired) electrons. The van der Waals surface area contributed by atoms with Crippen LogP contribution < -0.4 is 4.90 Å². The maximum absolute atomic E-state index is 12.3. The number of hydrogen-bond acceptors (Lipinski definition) is 6. The van der Waals surface area contributed by atoms with E-state index in [1.807, 2.05) is 36.4 Å². The van der Waals surface area contributed by atoms with Gasteiger partial charge in [-0.2, -0.15) is 0 Å². The Labute approximate surface area is 144 Å². The number of aromatic nitrogens is 3. The summed E-state index contributed by atoms with van der Waals surface area (Å²) >= 11 is 0. The first-order valence-corrected chi connectivity index (χ1v) is 8.13. The molecule has 0 N–H and O–H groups in total. The van der Waals surface area contributed by atoms with Gasteiger partial charge in [-0.15, -0.1) is 0 Å². The van der Waals surface area contributed by atoms with E-state index in [2.05, 4.69) is 20.0 Å². The number of carbonyl (C=O) groups excluding carboxylic acids is 1. The van der Waals surface area contributed by atoms with Crippen molar-refractivity contribution in [1.82, 2.24) is 20.0 Å². The van der Waals surface area contributed by atoms with Crippen LogP contribution in [0.4, 0.5) is 5.82 Å². The minimum Gasteiger partial charge on any atom is -0.353 e. The van der Waals surface area contributed by atoms with Gasteiger partial charge in [0, 0.05) is 43.9 Å². The molecule has 0 spiro atoms. The first-order valence-electron chi connectivity index (χ1n) is 8.13. The van der Waals surface area contributed by atoms with Crippen LogP contribution in [0.3, 0.4) is 0 Å². The van der Waals surface area contributed by atoms with E-state index in [9.17, 15) is 4.79 Å². The Bertz CT molecular complexity index is 843. The van der Waals surface area contributed by atoms with E-state index in [1.54, 1.807) is 17.3 Å². The smallest absolute Gasteiger partial charge is 0.292 e. The number of hydrogen-bond donors (Lipinski definition) is 0. The molecule has 7 nitrogen and oxygen atoms in total. The van der Waals surface area contributed by atoms with Crippen molar-refractivity contribution in [3.8, 4) is 11.3 Å². The average Bonchev–Trinajstić information content (AvgIpc) is 3.23. The monoisotopic (exact) mass is 335 g/mol. The van der Waals surface area contributed by atoms with Crippen LogP contribution in [0.15, 0.2) is 59.5 Å². The van der Waals surface area contributed by atoms with Gasteiger partial charge in [0.25, 0.3) is 5.91 Å². The quantitative estimate of drug-likeness (QED) is 0.729. The number of anilines is 1. The fourth-order valence-electron chi connectivity index (χ4n) is 2.91. The van der Waals surface area contributed by atoms with Crippen LogP contribution >= 0.6 is 0 Å². The molecule has 1 aliphatic rings. The van der Waals surface area contributed by atoms with E-state index in [0.717, 1.165) is 17.1 Å². The van der Waals surface area contributed by atoms with Crippen molar-refractivity contribution < 1.29 is 9.32 Å². The molecule has 1 saturated heterocycles. The topological polar surface area (TPSA) is 75.4 Å². The number of benzene rings is 1. The Balaban J connectivity index is 1.45. The third-order valence-corrected chi connectivity index (χ3v) is 4.26. The molecule has 126 valence electrons. The van der Waals surface area contributed by atoms with Gasteiger partial charge in [0.05, 0.1) is 11.9 Å². The molecule has 0 bridgehead atoms. The van der Waals surface area contributed by atoms with Gasteiger partial charge >= 0.3 is 0 Å². The second-order valence-electron chi connectivity index (χ2n) is 5.78. The van der Waals surface area contributed by atoms with Crippen LogP contribution in [-0.4, -0.2) is 52.1 Å². The van der Waals surface area contributed by atoms with Crippen molar-refractivity contribution in [1.29, 1.82) is 0 Å². The molecular formula is C18H17N5O2. The van der Waals surface area contributed by atoms with Crippen LogP contribution in [0, 0.1) is 0 Å². The number of amides is 1. The van der Waals surface area contributed by atoms with E-state index in [4.69, 9.17) is 4.52 Å². The minimum atomic E-state index is -0.121. The lowest BCUT2D eigenvalue weighted by Gasteiger charge is -2.34. The maximum atomic E-state index is 12.3. The SMILES string of the molecule is O=C(c1ccno1)N1CCN(c2cc(-c3ccccc3)ncn2)CC1. The van der Waals surface area contributed by atoms with Crippen molar-refractivity contribution in [2.24, 2.45) is 0 Å². The lowest BCUT2D eigenvalue weighted by atomic mass is 10.1. The summed E-state index contributed by atoms with van der Waals surface area (Å²) in [4.78, 5) is 25.0. The summed E-state index contributed by atoms with van der Waals surface area (Å²) in [7, 11) is 0. The zero-order valence-corrected chi connectivity index (χ0v) is 13.6. The highest BCUT2D eigenvalue weighted by Crippen LogP contribution is 2.21. The summed E-state index contributed by atoms with van der Waals surface area (Å²) in [5.41, 5.74) is 1.95. The van der Waals surface area contributed by atoms with E-state index in [1.165, 1.54) is 6.20 Å². The summed E-state index contributed by atoms with van der Waals surface area (Å²) in [6.07, 6.45) is 3.07. The van der Waals surface area contributed by atoms with E-state index in [-0.39, 0.29) is 11.7 Å². The zero-order valence-electron chi connectivity index (χ0n) is 13.6. The van der Waals surface area contributed by atoms with E-state index >= 15 is 0 Å². The largest absolute Gasteiger partial charge is 0.353 e. The number of piperazine rings is 1. The van der Waals surface area contributed by atoms with Crippen molar-refractivity contribution in [3.05, 3.63) is 60.7 Å². The van der Waals surface area contributed by atoms with E-state index in [0.29, 0.717) is 26.2 Å². The van der Waals surface area contributed by atoms with Crippen LogP contribution in [0.1, 0.15) is 10.6 Å². The molecule has 1 amide bonds. The molecule has 1 aromatic carbocycles. The Morgan fingerprint density at radius 2 is 1.80 bits per heavy atom. The summed E-state index contributed by atoms with van der Waals surface area (Å²) in [6.45, 7) is 2.66. The van der Waals surface area contributed by atoms with Gasteiger partial charge < -0.3 is 14.3 Å². The Morgan fingerprint density at radius 3 is 2.52 bits per heavy atom. The van der Waals surface area contributed by atoms with Gasteiger partial charge in [-0.3, -0.25) is 4.79 Å². The molecule has 0 atom stereocenters. The fraction of sp³-hybridized carbons (Fsp3) is 0.222. The lowest BCUT2D eigenvalue weighted by molar-refractivity contribution is 0.0704. The molecule has 0 unspecified atom stereocenters. The van der Waals surface area contributed by atoms with Crippen LogP contribution in [0.2, 0.25) is 0 Å². The molecular weight excluding hydrogens is 318 g/mol. The lowest BCUT2D eigenvalue weighted by Crippen LogP contribution is -2.49. The molecule has 4 rings (SSSR count). The van der Waals surface area contributed by atoms with Gasteiger partial charge in [-0.25, -0.2) is 9.97 Å². The van der Waals surface area contributed by atoms with Crippen molar-refractivity contribution >= 4 is 11.7 Å². The highest BCUT2D eigenvalue weighted by molar-refractivity contribution is 5.91. The molecule has 1 aliphatic heterocycles. The molecule has 1 fully saturated rings. The van der Waals surface area contributed by atoms with E-state index < -0.39 is 0 Å². The molecule has 0 aliphatic carbocycles. The standard InChI is InChI=1S/C18H17N5O2/c24-18(16-6-7-21-25-16)23-10-8-22(9-11-23)17-12-15(19-13-20-17)14-4-2-1-3-5-14/h1-7,12-13H,8-11H2. The highest BCUT2D eigenvalue weighted by atomic mass is 16.5. The third kappa shape index (κ3) is 3.21. The predicted molar refractivity (Wildman–Crippen MR) is 92.1 cm³/mol. The second kappa shape index (κ2) is 6.72. The van der Waals surface area contributed by atoms with Crippen LogP contribution in [0.5, 0.6) is 0 Å². The Hall–Kier alpha value is -3.22. The van der Waals surface area contributed by atoms with Crippen LogP contribution in [-0.2, 0) is 0 Å². The molecule has 25 heavy (non-hydrogen) atoms. The molecule has 7 heteroatoms. The summed E-state index contributed by atoms with van der Waals surface area (Å²) in [5.74, 6) is 1.03. The van der Waals surface area contributed by atoms with Crippen molar-refractivity contribution in [2.75, 3.05) is 31.1 Å².